The SMILES string of the molecule is O=C1NCCCOCCOCCOCCCNC(=O)c2cccc3c2[C@@H]2c4ccccc4[C@H]3[C@H]3c4ccccc4[C@@H]2c2cccc1c23. The topological polar surface area (TPSA) is 85.9 Å². The van der Waals surface area contributed by atoms with E-state index in [-0.39, 0.29) is 35.5 Å². The Balaban J connectivity index is 1.29. The molecule has 6 aliphatic carbocycles. The third kappa shape index (κ3) is 5.27. The molecule has 0 saturated carbocycles. The maximum absolute atomic E-state index is 14.0. The second-order valence-electron chi connectivity index (χ2n) is 12.8. The van der Waals surface area contributed by atoms with Crippen molar-refractivity contribution in [2.24, 2.45) is 0 Å². The average Bonchev–Trinajstić information content (AvgIpc) is 3.09. The van der Waals surface area contributed by atoms with Crippen LogP contribution in [-0.4, -0.2) is 64.5 Å². The van der Waals surface area contributed by atoms with E-state index in [1.807, 2.05) is 24.3 Å². The van der Waals surface area contributed by atoms with Gasteiger partial charge < -0.3 is 24.8 Å². The molecule has 0 spiro atoms. The summed E-state index contributed by atoms with van der Waals surface area (Å²) in [6.45, 7) is 4.15. The van der Waals surface area contributed by atoms with Gasteiger partial charge in [0.25, 0.3) is 11.8 Å². The van der Waals surface area contributed by atoms with Crippen LogP contribution in [0, 0.1) is 0 Å². The fourth-order valence-corrected chi connectivity index (χ4v) is 8.49. The van der Waals surface area contributed by atoms with E-state index in [2.05, 4.69) is 71.3 Å². The fraction of sp³-hybridized carbons (Fsp3) is 0.350. The van der Waals surface area contributed by atoms with E-state index in [0.717, 1.165) is 35.1 Å². The number of hydrogen-bond acceptors (Lipinski definition) is 5. The summed E-state index contributed by atoms with van der Waals surface area (Å²) < 4.78 is 17.1. The van der Waals surface area contributed by atoms with Crippen molar-refractivity contribution in [2.75, 3.05) is 52.7 Å². The molecule has 0 saturated heterocycles. The van der Waals surface area contributed by atoms with E-state index in [4.69, 9.17) is 14.2 Å². The minimum absolute atomic E-state index is 0.0548. The molecule has 240 valence electrons. The van der Waals surface area contributed by atoms with Crippen molar-refractivity contribution >= 4 is 11.8 Å². The molecule has 7 heteroatoms. The molecule has 7 nitrogen and oxygen atoms in total. The number of benzene rings is 4. The summed E-state index contributed by atoms with van der Waals surface area (Å²) in [6.07, 6.45) is 1.43. The van der Waals surface area contributed by atoms with Crippen LogP contribution in [0.15, 0.2) is 84.9 Å². The quantitative estimate of drug-likeness (QED) is 0.255. The number of amides is 2. The summed E-state index contributed by atoms with van der Waals surface area (Å²) >= 11 is 0. The normalized spacial score (nSPS) is 24.3. The Labute approximate surface area is 275 Å². The van der Waals surface area contributed by atoms with E-state index in [1.54, 1.807) is 0 Å². The van der Waals surface area contributed by atoms with Gasteiger partial charge in [-0.1, -0.05) is 72.8 Å². The molecule has 0 unspecified atom stereocenters. The van der Waals surface area contributed by atoms with Gasteiger partial charge in [-0.05, 0) is 69.5 Å². The predicted molar refractivity (Wildman–Crippen MR) is 179 cm³/mol. The molecule has 1 aliphatic heterocycles. The van der Waals surface area contributed by atoms with E-state index in [0.29, 0.717) is 52.7 Å². The number of ether oxygens (including phenoxy) is 3. The Bertz CT molecular complexity index is 1690. The predicted octanol–water partition coefficient (Wildman–Crippen LogP) is 5.86. The van der Waals surface area contributed by atoms with Crippen LogP contribution in [0.1, 0.15) is 102 Å². The number of hydrogen-bond donors (Lipinski definition) is 2. The van der Waals surface area contributed by atoms with Gasteiger partial charge >= 0.3 is 0 Å². The number of nitrogens with one attached hydrogen (secondary N) is 2. The Morgan fingerprint density at radius 3 is 1.21 bits per heavy atom. The van der Waals surface area contributed by atoms with Crippen molar-refractivity contribution in [1.82, 2.24) is 10.6 Å². The van der Waals surface area contributed by atoms with Gasteiger partial charge in [-0.3, -0.25) is 9.59 Å². The summed E-state index contributed by atoms with van der Waals surface area (Å²) in [7, 11) is 0. The first kappa shape index (κ1) is 30.1. The smallest absolute Gasteiger partial charge is 0.251 e. The minimum atomic E-state index is -0.0927. The Morgan fingerprint density at radius 1 is 0.426 bits per heavy atom. The largest absolute Gasteiger partial charge is 0.379 e. The van der Waals surface area contributed by atoms with E-state index < -0.39 is 0 Å². The van der Waals surface area contributed by atoms with Crippen molar-refractivity contribution in [3.63, 3.8) is 0 Å². The monoisotopic (exact) mass is 628 g/mol. The molecule has 47 heavy (non-hydrogen) atoms. The van der Waals surface area contributed by atoms with Crippen LogP contribution >= 0.6 is 0 Å². The Hall–Kier alpha value is -4.30. The lowest BCUT2D eigenvalue weighted by atomic mass is 9.52. The van der Waals surface area contributed by atoms with Crippen molar-refractivity contribution in [2.45, 2.75) is 36.5 Å². The molecular weight excluding hydrogens is 588 g/mol. The third-order valence-electron chi connectivity index (χ3n) is 10.3. The highest BCUT2D eigenvalue weighted by Gasteiger charge is 2.51. The summed E-state index contributed by atoms with van der Waals surface area (Å²) in [5.74, 6) is -0.416. The molecule has 2 N–H and O–H groups in total. The molecule has 4 atom stereocenters. The van der Waals surface area contributed by atoms with Crippen LogP contribution in [0.5, 0.6) is 0 Å². The average molecular weight is 629 g/mol. The molecule has 2 amide bonds. The Morgan fingerprint density at radius 2 is 0.787 bits per heavy atom. The number of carbonyl (C=O) groups excluding carboxylic acids is 2. The summed E-state index contributed by atoms with van der Waals surface area (Å²) in [6, 6.07) is 30.0. The van der Waals surface area contributed by atoms with Gasteiger partial charge in [0.15, 0.2) is 0 Å². The lowest BCUT2D eigenvalue weighted by molar-refractivity contribution is 0.0139. The van der Waals surface area contributed by atoms with Crippen LogP contribution in [0.2, 0.25) is 0 Å². The van der Waals surface area contributed by atoms with Gasteiger partial charge in [-0.25, -0.2) is 0 Å². The van der Waals surface area contributed by atoms with Crippen LogP contribution < -0.4 is 10.6 Å². The maximum Gasteiger partial charge on any atom is 0.251 e. The zero-order valence-corrected chi connectivity index (χ0v) is 26.5. The highest BCUT2D eigenvalue weighted by Crippen LogP contribution is 2.64. The van der Waals surface area contributed by atoms with Crippen molar-refractivity contribution < 1.29 is 23.8 Å². The zero-order valence-electron chi connectivity index (χ0n) is 26.5. The van der Waals surface area contributed by atoms with Gasteiger partial charge in [0.1, 0.15) is 0 Å². The first-order chi connectivity index (χ1) is 23.2. The Kier molecular flexibility index (Phi) is 8.36. The van der Waals surface area contributed by atoms with Crippen molar-refractivity contribution in [1.29, 1.82) is 0 Å². The minimum Gasteiger partial charge on any atom is -0.379 e. The van der Waals surface area contributed by atoms with Gasteiger partial charge in [0.05, 0.1) is 26.4 Å². The highest BCUT2D eigenvalue weighted by atomic mass is 16.5. The van der Waals surface area contributed by atoms with Gasteiger partial charge in [0, 0.05) is 61.1 Å². The van der Waals surface area contributed by atoms with Crippen molar-refractivity contribution in [3.8, 4) is 0 Å². The third-order valence-corrected chi connectivity index (χ3v) is 10.3. The maximum atomic E-state index is 14.0. The fourth-order valence-electron chi connectivity index (χ4n) is 8.49. The van der Waals surface area contributed by atoms with E-state index in [1.165, 1.54) is 33.4 Å². The molecule has 8 bridgehead atoms. The first-order valence-electron chi connectivity index (χ1n) is 17.0. The van der Waals surface area contributed by atoms with Gasteiger partial charge in [-0.15, -0.1) is 0 Å². The summed E-state index contributed by atoms with van der Waals surface area (Å²) in [4.78, 5) is 28.0. The molecule has 1 heterocycles. The van der Waals surface area contributed by atoms with E-state index in [9.17, 15) is 9.59 Å². The summed E-state index contributed by atoms with van der Waals surface area (Å²) in [5, 5.41) is 6.39. The van der Waals surface area contributed by atoms with Gasteiger partial charge in [-0.2, -0.15) is 0 Å². The van der Waals surface area contributed by atoms with Crippen LogP contribution in [0.3, 0.4) is 0 Å². The van der Waals surface area contributed by atoms with Crippen LogP contribution in [0.25, 0.3) is 0 Å². The van der Waals surface area contributed by atoms with E-state index >= 15 is 0 Å². The molecule has 4 aromatic rings. The van der Waals surface area contributed by atoms with Crippen LogP contribution in [-0.2, 0) is 14.2 Å². The lowest BCUT2D eigenvalue weighted by Crippen LogP contribution is -2.39. The standard InChI is InChI=1S/C40H40N2O5/c43-39-31-15-5-13-29-33-25-9-1-3-11-27(25)37(35(29)31)34-26-10-2-4-12-28(26)38(33)36-30(34)14-6-16-32(36)40(44)42-18-8-20-46-22-24-47-23-21-45-19-7-17-41-39/h1-6,9-16,33-34,37-38H,7-8,17-24H2,(H,41,43)(H,42,44)/t33-,34-,37-,38-/m1/s1. The molecule has 0 fully saturated rings. The molecular formula is C40H40N2O5. The number of rotatable bonds is 0. The lowest BCUT2D eigenvalue weighted by Gasteiger charge is -2.50. The van der Waals surface area contributed by atoms with Crippen molar-refractivity contribution in [3.05, 3.63) is 141 Å². The molecule has 7 aliphatic rings. The number of carbonyl (C=O) groups is 2. The highest BCUT2D eigenvalue weighted by molar-refractivity contribution is 5.98. The second-order valence-corrected chi connectivity index (χ2v) is 12.8. The zero-order chi connectivity index (χ0) is 31.7. The molecule has 0 aromatic heterocycles. The summed E-state index contributed by atoms with van der Waals surface area (Å²) in [5.41, 5.74) is 11.2. The molecule has 4 aromatic carbocycles. The molecule has 0 radical (unpaired) electrons. The second kappa shape index (κ2) is 13.1. The first-order valence-corrected chi connectivity index (χ1v) is 17.0. The van der Waals surface area contributed by atoms with Crippen LogP contribution in [0.4, 0.5) is 0 Å². The van der Waals surface area contributed by atoms with Gasteiger partial charge in [0.2, 0.25) is 0 Å². The molecule has 11 rings (SSSR count).